The molecule has 0 aromatic heterocycles. The van der Waals surface area contributed by atoms with Crippen LogP contribution < -0.4 is 10.6 Å². The minimum atomic E-state index is -0.0550. The van der Waals surface area contributed by atoms with Crippen molar-refractivity contribution in [2.24, 2.45) is 23.7 Å². The van der Waals surface area contributed by atoms with Gasteiger partial charge in [0.05, 0.1) is 25.0 Å². The van der Waals surface area contributed by atoms with Crippen LogP contribution in [0.25, 0.3) is 0 Å². The standard InChI is InChI=1S/C28H50N2O4/c1-25(2)13-21(14-26(3,4)29-25)23(31)33-17-19-9-11-20(12-10-19)18-34-24(32)22-15-27(5,6)30-28(7,8)16-22/h19-22,29-30H,9-18H2,1-8H3. The van der Waals surface area contributed by atoms with Crippen LogP contribution >= 0.6 is 0 Å². The summed E-state index contributed by atoms with van der Waals surface area (Å²) in [5, 5.41) is 7.26. The van der Waals surface area contributed by atoms with Crippen LogP contribution in [0, 0.1) is 23.7 Å². The zero-order valence-corrected chi connectivity index (χ0v) is 23.0. The quantitative estimate of drug-likeness (QED) is 0.524. The average Bonchev–Trinajstić information content (AvgIpc) is 2.66. The minimum Gasteiger partial charge on any atom is -0.465 e. The first-order chi connectivity index (χ1) is 15.5. The summed E-state index contributed by atoms with van der Waals surface area (Å²) in [4.78, 5) is 25.6. The van der Waals surface area contributed by atoms with Gasteiger partial charge >= 0.3 is 11.9 Å². The SMILES string of the molecule is CC1(C)CC(C(=O)OCC2CCC(COC(=O)C3CC(C)(C)NC(C)(C)C3)CC2)CC(C)(C)N1. The predicted octanol–water partition coefficient (Wildman–Crippen LogP) is 4.99. The Balaban J connectivity index is 1.37. The number of piperidine rings is 2. The normalized spacial score (nSPS) is 30.9. The highest BCUT2D eigenvalue weighted by molar-refractivity contribution is 5.73. The molecule has 196 valence electrons. The molecule has 1 aliphatic carbocycles. The van der Waals surface area contributed by atoms with Crippen LogP contribution in [0.2, 0.25) is 0 Å². The van der Waals surface area contributed by atoms with E-state index in [1.807, 2.05) is 0 Å². The second-order valence-electron chi connectivity index (χ2n) is 14.1. The molecule has 0 radical (unpaired) electrons. The Morgan fingerprint density at radius 3 is 1.12 bits per heavy atom. The Labute approximate surface area is 207 Å². The molecule has 2 saturated heterocycles. The van der Waals surface area contributed by atoms with E-state index in [1.165, 1.54) is 0 Å². The molecule has 0 bridgehead atoms. The molecule has 0 aromatic rings. The number of rotatable bonds is 6. The molecule has 6 heteroatoms. The highest BCUT2D eigenvalue weighted by atomic mass is 16.5. The molecule has 6 nitrogen and oxygen atoms in total. The topological polar surface area (TPSA) is 76.7 Å². The van der Waals surface area contributed by atoms with Crippen LogP contribution in [0.3, 0.4) is 0 Å². The molecule has 3 fully saturated rings. The van der Waals surface area contributed by atoms with E-state index in [9.17, 15) is 9.59 Å². The Hall–Kier alpha value is -1.14. The van der Waals surface area contributed by atoms with E-state index in [-0.39, 0.29) is 45.9 Å². The van der Waals surface area contributed by atoms with Crippen molar-refractivity contribution >= 4 is 11.9 Å². The summed E-state index contributed by atoms with van der Waals surface area (Å²) >= 11 is 0. The maximum absolute atomic E-state index is 12.8. The van der Waals surface area contributed by atoms with Gasteiger partial charge in [-0.3, -0.25) is 9.59 Å². The van der Waals surface area contributed by atoms with E-state index >= 15 is 0 Å². The zero-order chi connectivity index (χ0) is 25.4. The van der Waals surface area contributed by atoms with Crippen LogP contribution in [0.4, 0.5) is 0 Å². The van der Waals surface area contributed by atoms with Crippen LogP contribution in [0.15, 0.2) is 0 Å². The molecule has 3 aliphatic rings. The molecule has 0 unspecified atom stereocenters. The lowest BCUT2D eigenvalue weighted by Gasteiger charge is -2.45. The van der Waals surface area contributed by atoms with E-state index in [0.717, 1.165) is 51.4 Å². The van der Waals surface area contributed by atoms with Crippen molar-refractivity contribution in [3.8, 4) is 0 Å². The molecular weight excluding hydrogens is 428 g/mol. The number of esters is 2. The van der Waals surface area contributed by atoms with E-state index < -0.39 is 0 Å². The van der Waals surface area contributed by atoms with Gasteiger partial charge < -0.3 is 20.1 Å². The Morgan fingerprint density at radius 2 is 0.853 bits per heavy atom. The number of ether oxygens (including phenoxy) is 2. The smallest absolute Gasteiger partial charge is 0.309 e. The Bertz CT molecular complexity index is 641. The highest BCUT2D eigenvalue weighted by Crippen LogP contribution is 2.36. The lowest BCUT2D eigenvalue weighted by atomic mass is 9.76. The second-order valence-corrected chi connectivity index (χ2v) is 14.1. The van der Waals surface area contributed by atoms with E-state index in [1.54, 1.807) is 0 Å². The molecule has 2 aliphatic heterocycles. The average molecular weight is 479 g/mol. The van der Waals surface area contributed by atoms with E-state index in [4.69, 9.17) is 9.47 Å². The first-order valence-corrected chi connectivity index (χ1v) is 13.5. The number of hydrogen-bond acceptors (Lipinski definition) is 6. The van der Waals surface area contributed by atoms with E-state index in [0.29, 0.717) is 25.0 Å². The van der Waals surface area contributed by atoms with Crippen molar-refractivity contribution in [1.82, 2.24) is 10.6 Å². The van der Waals surface area contributed by atoms with Crippen LogP contribution in [-0.4, -0.2) is 47.3 Å². The Kier molecular flexibility index (Phi) is 8.14. The fraction of sp³-hybridized carbons (Fsp3) is 0.929. The summed E-state index contributed by atoms with van der Waals surface area (Å²) < 4.78 is 11.6. The third-order valence-corrected chi connectivity index (χ3v) is 7.94. The van der Waals surface area contributed by atoms with Crippen LogP contribution in [0.1, 0.15) is 107 Å². The van der Waals surface area contributed by atoms with Gasteiger partial charge in [0, 0.05) is 22.2 Å². The number of hydrogen-bond donors (Lipinski definition) is 2. The molecule has 3 rings (SSSR count). The molecular formula is C28H50N2O4. The van der Waals surface area contributed by atoms with Gasteiger partial charge in [-0.25, -0.2) is 0 Å². The van der Waals surface area contributed by atoms with Gasteiger partial charge in [-0.1, -0.05) is 0 Å². The second kappa shape index (κ2) is 10.1. The number of carbonyl (C=O) groups excluding carboxylic acids is 2. The van der Waals surface area contributed by atoms with Gasteiger partial charge in [-0.2, -0.15) is 0 Å². The number of carbonyl (C=O) groups is 2. The van der Waals surface area contributed by atoms with Crippen molar-refractivity contribution in [3.05, 3.63) is 0 Å². The lowest BCUT2D eigenvalue weighted by Crippen LogP contribution is -2.59. The van der Waals surface area contributed by atoms with Crippen molar-refractivity contribution in [1.29, 1.82) is 0 Å². The number of nitrogens with one attached hydrogen (secondary N) is 2. The molecule has 0 atom stereocenters. The van der Waals surface area contributed by atoms with Crippen molar-refractivity contribution in [2.45, 2.75) is 129 Å². The molecule has 1 saturated carbocycles. The summed E-state index contributed by atoms with van der Waals surface area (Å²) in [6.07, 6.45) is 7.41. The van der Waals surface area contributed by atoms with Crippen LogP contribution in [0.5, 0.6) is 0 Å². The summed E-state index contributed by atoms with van der Waals surface area (Å²) in [5.41, 5.74) is -0.220. The van der Waals surface area contributed by atoms with Gasteiger partial charge in [0.1, 0.15) is 0 Å². The van der Waals surface area contributed by atoms with Gasteiger partial charge in [-0.15, -0.1) is 0 Å². The molecule has 0 aromatic carbocycles. The van der Waals surface area contributed by atoms with Crippen LogP contribution in [-0.2, 0) is 19.1 Å². The predicted molar refractivity (Wildman–Crippen MR) is 135 cm³/mol. The third kappa shape index (κ3) is 7.94. The molecule has 2 heterocycles. The summed E-state index contributed by atoms with van der Waals surface area (Å²) in [6, 6.07) is 0. The summed E-state index contributed by atoms with van der Waals surface area (Å²) in [5.74, 6) is 0.700. The third-order valence-electron chi connectivity index (χ3n) is 7.94. The fourth-order valence-corrected chi connectivity index (χ4v) is 7.18. The highest BCUT2D eigenvalue weighted by Gasteiger charge is 2.42. The Morgan fingerprint density at radius 1 is 0.588 bits per heavy atom. The first kappa shape index (κ1) is 27.4. The molecule has 34 heavy (non-hydrogen) atoms. The maximum Gasteiger partial charge on any atom is 0.309 e. The molecule has 2 N–H and O–H groups in total. The monoisotopic (exact) mass is 478 g/mol. The molecule has 0 amide bonds. The fourth-order valence-electron chi connectivity index (χ4n) is 7.18. The lowest BCUT2D eigenvalue weighted by molar-refractivity contribution is -0.155. The summed E-state index contributed by atoms with van der Waals surface area (Å²) in [7, 11) is 0. The zero-order valence-electron chi connectivity index (χ0n) is 23.0. The summed E-state index contributed by atoms with van der Waals surface area (Å²) in [6.45, 7) is 18.3. The van der Waals surface area contributed by atoms with Crippen molar-refractivity contribution in [3.63, 3.8) is 0 Å². The first-order valence-electron chi connectivity index (χ1n) is 13.5. The molecule has 0 spiro atoms. The van der Waals surface area contributed by atoms with Gasteiger partial charge in [-0.05, 0) is 119 Å². The van der Waals surface area contributed by atoms with Crippen molar-refractivity contribution < 1.29 is 19.1 Å². The van der Waals surface area contributed by atoms with Gasteiger partial charge in [0.15, 0.2) is 0 Å². The van der Waals surface area contributed by atoms with Crippen molar-refractivity contribution in [2.75, 3.05) is 13.2 Å². The van der Waals surface area contributed by atoms with Gasteiger partial charge in [0.2, 0.25) is 0 Å². The van der Waals surface area contributed by atoms with E-state index in [2.05, 4.69) is 66.0 Å². The van der Waals surface area contributed by atoms with Gasteiger partial charge in [0.25, 0.3) is 0 Å². The maximum atomic E-state index is 12.8. The largest absolute Gasteiger partial charge is 0.465 e. The minimum absolute atomic E-state index is 0.0352.